The van der Waals surface area contributed by atoms with Gasteiger partial charge in [-0.05, 0) is 38.1 Å². The van der Waals surface area contributed by atoms with Gasteiger partial charge in [0.05, 0.1) is 18.1 Å². The molecule has 1 atom stereocenters. The van der Waals surface area contributed by atoms with Crippen molar-refractivity contribution in [1.29, 1.82) is 5.26 Å². The second kappa shape index (κ2) is 4.96. The van der Waals surface area contributed by atoms with Gasteiger partial charge in [0.1, 0.15) is 0 Å². The van der Waals surface area contributed by atoms with Crippen LogP contribution in [0.5, 0.6) is 0 Å². The van der Waals surface area contributed by atoms with E-state index in [1.807, 2.05) is 0 Å². The summed E-state index contributed by atoms with van der Waals surface area (Å²) >= 11 is 0. The number of hydrogen-bond donors (Lipinski definition) is 0. The second-order valence-electron chi connectivity index (χ2n) is 4.92. The molecule has 0 spiro atoms. The molecule has 0 bridgehead atoms. The van der Waals surface area contributed by atoms with E-state index in [1.54, 1.807) is 7.11 Å². The Morgan fingerprint density at radius 2 is 2.27 bits per heavy atom. The standard InChI is InChI=1S/C12H20N2O/c1-15-12-5-11(6-12)9-14-4-2-3-10(7-13)8-14/h10-12H,2-6,8-9H2,1H3/t10-,11?,12?/m1/s1. The van der Waals surface area contributed by atoms with Crippen molar-refractivity contribution in [2.45, 2.75) is 31.8 Å². The smallest absolute Gasteiger partial charge is 0.0669 e. The number of hydrogen-bond acceptors (Lipinski definition) is 3. The van der Waals surface area contributed by atoms with Crippen LogP contribution in [0.1, 0.15) is 25.7 Å². The highest BCUT2D eigenvalue weighted by Gasteiger charge is 2.31. The Morgan fingerprint density at radius 3 is 2.93 bits per heavy atom. The van der Waals surface area contributed by atoms with Crippen LogP contribution in [0.3, 0.4) is 0 Å². The highest BCUT2D eigenvalue weighted by Crippen LogP contribution is 2.31. The van der Waals surface area contributed by atoms with Gasteiger partial charge in [0.25, 0.3) is 0 Å². The summed E-state index contributed by atoms with van der Waals surface area (Å²) < 4.78 is 5.28. The minimum absolute atomic E-state index is 0.275. The number of ether oxygens (including phenoxy) is 1. The molecule has 0 N–H and O–H groups in total. The Balaban J connectivity index is 1.69. The summed E-state index contributed by atoms with van der Waals surface area (Å²) in [5.41, 5.74) is 0. The van der Waals surface area contributed by atoms with Crippen molar-refractivity contribution in [2.24, 2.45) is 11.8 Å². The summed E-state index contributed by atoms with van der Waals surface area (Å²) in [4.78, 5) is 2.47. The largest absolute Gasteiger partial charge is 0.381 e. The molecule has 2 fully saturated rings. The van der Waals surface area contributed by atoms with Crippen LogP contribution in [0.4, 0.5) is 0 Å². The zero-order valence-electron chi connectivity index (χ0n) is 9.48. The minimum atomic E-state index is 0.275. The van der Waals surface area contributed by atoms with Gasteiger partial charge in [-0.1, -0.05) is 0 Å². The molecule has 3 heteroatoms. The fourth-order valence-electron chi connectivity index (χ4n) is 2.71. The zero-order chi connectivity index (χ0) is 10.7. The lowest BCUT2D eigenvalue weighted by Gasteiger charge is -2.39. The van der Waals surface area contributed by atoms with Crippen LogP contribution in [0, 0.1) is 23.2 Å². The fourth-order valence-corrected chi connectivity index (χ4v) is 2.71. The van der Waals surface area contributed by atoms with E-state index in [0.717, 1.165) is 18.9 Å². The molecule has 0 radical (unpaired) electrons. The minimum Gasteiger partial charge on any atom is -0.381 e. The predicted molar refractivity (Wildman–Crippen MR) is 58.3 cm³/mol. The molecule has 1 aliphatic carbocycles. The molecular weight excluding hydrogens is 188 g/mol. The van der Waals surface area contributed by atoms with Crippen molar-refractivity contribution in [2.75, 3.05) is 26.7 Å². The van der Waals surface area contributed by atoms with Crippen LogP contribution in [-0.4, -0.2) is 37.7 Å². The Morgan fingerprint density at radius 1 is 1.47 bits per heavy atom. The van der Waals surface area contributed by atoms with E-state index in [9.17, 15) is 0 Å². The Hall–Kier alpha value is -0.590. The lowest BCUT2D eigenvalue weighted by molar-refractivity contribution is -0.0139. The molecule has 15 heavy (non-hydrogen) atoms. The Labute approximate surface area is 92.0 Å². The monoisotopic (exact) mass is 208 g/mol. The van der Waals surface area contributed by atoms with E-state index in [0.29, 0.717) is 6.10 Å². The van der Waals surface area contributed by atoms with Crippen molar-refractivity contribution in [1.82, 2.24) is 4.90 Å². The van der Waals surface area contributed by atoms with Crippen molar-refractivity contribution < 1.29 is 4.74 Å². The van der Waals surface area contributed by atoms with Gasteiger partial charge in [0.2, 0.25) is 0 Å². The molecule has 0 unspecified atom stereocenters. The van der Waals surface area contributed by atoms with Gasteiger partial charge in [0.15, 0.2) is 0 Å². The number of likely N-dealkylation sites (tertiary alicyclic amines) is 1. The molecule has 2 aliphatic rings. The summed E-state index contributed by atoms with van der Waals surface area (Å²) in [6.07, 6.45) is 5.22. The first-order valence-corrected chi connectivity index (χ1v) is 5.96. The summed E-state index contributed by atoms with van der Waals surface area (Å²) in [5, 5.41) is 8.90. The molecule has 0 aromatic heterocycles. The summed E-state index contributed by atoms with van der Waals surface area (Å²) in [7, 11) is 1.80. The maximum Gasteiger partial charge on any atom is 0.0669 e. The lowest BCUT2D eigenvalue weighted by atomic mass is 9.81. The summed E-state index contributed by atoms with van der Waals surface area (Å²) in [5.74, 6) is 1.09. The van der Waals surface area contributed by atoms with E-state index in [2.05, 4.69) is 11.0 Å². The zero-order valence-corrected chi connectivity index (χ0v) is 9.48. The SMILES string of the molecule is COC1CC(CN2CCC[C@H](C#N)C2)C1. The number of piperidine rings is 1. The van der Waals surface area contributed by atoms with E-state index < -0.39 is 0 Å². The first kappa shape index (κ1) is 10.9. The molecule has 0 amide bonds. The third-order valence-corrected chi connectivity index (χ3v) is 3.73. The van der Waals surface area contributed by atoms with E-state index in [4.69, 9.17) is 10.00 Å². The van der Waals surface area contributed by atoms with Crippen LogP contribution in [0.25, 0.3) is 0 Å². The van der Waals surface area contributed by atoms with Crippen LogP contribution in [0.2, 0.25) is 0 Å². The third-order valence-electron chi connectivity index (χ3n) is 3.73. The average Bonchev–Trinajstić information content (AvgIpc) is 2.23. The molecule has 1 saturated heterocycles. The normalized spacial score (nSPS) is 36.9. The van der Waals surface area contributed by atoms with Crippen molar-refractivity contribution in [3.8, 4) is 6.07 Å². The van der Waals surface area contributed by atoms with Crippen molar-refractivity contribution >= 4 is 0 Å². The molecule has 2 rings (SSSR count). The van der Waals surface area contributed by atoms with Crippen LogP contribution in [-0.2, 0) is 4.74 Å². The molecule has 1 saturated carbocycles. The first-order chi connectivity index (χ1) is 7.31. The molecule has 3 nitrogen and oxygen atoms in total. The average molecular weight is 208 g/mol. The third kappa shape index (κ3) is 2.70. The molecule has 0 aromatic carbocycles. The molecule has 0 aromatic rings. The lowest BCUT2D eigenvalue weighted by Crippen LogP contribution is -2.43. The number of nitrogens with zero attached hydrogens (tertiary/aromatic N) is 2. The Kier molecular flexibility index (Phi) is 3.61. The van der Waals surface area contributed by atoms with Crippen LogP contribution in [0.15, 0.2) is 0 Å². The highest BCUT2D eigenvalue weighted by molar-refractivity contribution is 4.90. The van der Waals surface area contributed by atoms with Crippen LogP contribution < -0.4 is 0 Å². The topological polar surface area (TPSA) is 36.3 Å². The predicted octanol–water partition coefficient (Wildman–Crippen LogP) is 1.65. The maximum absolute atomic E-state index is 8.90. The molecule has 1 heterocycles. The van der Waals surface area contributed by atoms with Gasteiger partial charge >= 0.3 is 0 Å². The molecule has 84 valence electrons. The Bertz CT molecular complexity index is 242. The van der Waals surface area contributed by atoms with E-state index in [1.165, 1.54) is 32.4 Å². The van der Waals surface area contributed by atoms with Gasteiger partial charge < -0.3 is 9.64 Å². The van der Waals surface area contributed by atoms with Crippen molar-refractivity contribution in [3.63, 3.8) is 0 Å². The van der Waals surface area contributed by atoms with Gasteiger partial charge in [-0.15, -0.1) is 0 Å². The summed E-state index contributed by atoms with van der Waals surface area (Å²) in [6.45, 7) is 3.36. The molecule has 1 aliphatic heterocycles. The highest BCUT2D eigenvalue weighted by atomic mass is 16.5. The first-order valence-electron chi connectivity index (χ1n) is 5.96. The van der Waals surface area contributed by atoms with Gasteiger partial charge in [0, 0.05) is 20.2 Å². The van der Waals surface area contributed by atoms with Gasteiger partial charge in [-0.2, -0.15) is 5.26 Å². The quantitative estimate of drug-likeness (QED) is 0.707. The fraction of sp³-hybridized carbons (Fsp3) is 0.917. The van der Waals surface area contributed by atoms with Gasteiger partial charge in [-0.25, -0.2) is 0 Å². The van der Waals surface area contributed by atoms with Crippen LogP contribution >= 0.6 is 0 Å². The van der Waals surface area contributed by atoms with E-state index >= 15 is 0 Å². The number of methoxy groups -OCH3 is 1. The summed E-state index contributed by atoms with van der Waals surface area (Å²) in [6, 6.07) is 2.40. The van der Waals surface area contributed by atoms with E-state index in [-0.39, 0.29) is 5.92 Å². The number of rotatable bonds is 3. The second-order valence-corrected chi connectivity index (χ2v) is 4.92. The maximum atomic E-state index is 8.90. The molecular formula is C12H20N2O. The van der Waals surface area contributed by atoms with Crippen molar-refractivity contribution in [3.05, 3.63) is 0 Å². The van der Waals surface area contributed by atoms with Gasteiger partial charge in [-0.3, -0.25) is 0 Å². The number of nitriles is 1.